The van der Waals surface area contributed by atoms with Crippen molar-refractivity contribution in [1.82, 2.24) is 37.8 Å². The van der Waals surface area contributed by atoms with Crippen LogP contribution >= 0.6 is 0 Å². The topological polar surface area (TPSA) is 142 Å². The number of benzene rings is 16. The summed E-state index contributed by atoms with van der Waals surface area (Å²) in [4.78, 5) is 22.4. The number of rotatable bonds is 0. The molecule has 0 saturated carbocycles. The quantitative estimate of drug-likeness (QED) is 0.106. The Kier molecular flexibility index (Phi) is 10.2. The van der Waals surface area contributed by atoms with E-state index in [1.807, 2.05) is 0 Å². The first-order valence-corrected chi connectivity index (χ1v) is 40.4. The summed E-state index contributed by atoms with van der Waals surface area (Å²) in [5.74, 6) is 5.88. The van der Waals surface area contributed by atoms with Crippen molar-refractivity contribution in [3.8, 4) is 69.1 Å². The van der Waals surface area contributed by atoms with Gasteiger partial charge in [-0.05, 0) is 116 Å². The second kappa shape index (κ2) is 20.0. The molecule has 8 aliphatic rings. The molecule has 0 fully saturated rings. The molecule has 4 bridgehead atoms. The van der Waals surface area contributed by atoms with Gasteiger partial charge in [-0.25, -0.2) is 19.9 Å². The number of hydrogen-bond acceptors (Lipinski definition) is 10. The molecule has 0 aliphatic carbocycles. The number of hydrogen-bond donors (Lipinski definition) is 0. The van der Waals surface area contributed by atoms with E-state index >= 15 is 0 Å². The van der Waals surface area contributed by atoms with Crippen LogP contribution in [0.1, 0.15) is 0 Å². The van der Waals surface area contributed by atoms with Gasteiger partial charge in [0, 0.05) is 111 Å². The van der Waals surface area contributed by atoms with Gasteiger partial charge >= 0.3 is 27.3 Å². The Morgan fingerprint density at radius 3 is 0.610 bits per heavy atom. The van der Waals surface area contributed by atoms with E-state index in [9.17, 15) is 0 Å². The molecular formula is C96H52B4N12O6. The highest BCUT2D eigenvalue weighted by atomic mass is 16.7. The molecular weight excluding hydrogens is 1460 g/mol. The van der Waals surface area contributed by atoms with Crippen LogP contribution in [0.5, 0.6) is 23.0 Å². The van der Waals surface area contributed by atoms with Gasteiger partial charge in [0.2, 0.25) is 22.1 Å². The van der Waals surface area contributed by atoms with Crippen LogP contribution in [0.3, 0.4) is 0 Å². The lowest BCUT2D eigenvalue weighted by atomic mass is 9.77. The molecule has 16 heterocycles. The highest BCUT2D eigenvalue weighted by Crippen LogP contribution is 2.54. The molecule has 4 atom stereocenters. The van der Waals surface area contributed by atoms with Gasteiger partial charge in [0.25, 0.3) is 0 Å². The van der Waals surface area contributed by atoms with Gasteiger partial charge in [-0.1, -0.05) is 218 Å². The van der Waals surface area contributed by atoms with E-state index in [-0.39, 0.29) is 0 Å². The van der Waals surface area contributed by atoms with Crippen molar-refractivity contribution in [1.29, 1.82) is 0 Å². The van der Waals surface area contributed by atoms with E-state index in [0.29, 0.717) is 23.0 Å². The summed E-state index contributed by atoms with van der Waals surface area (Å²) >= 11 is 0. The summed E-state index contributed by atoms with van der Waals surface area (Å²) in [5, 5.41) is 21.8. The number of nitrogens with zero attached hydrogens (tertiary/aromatic N) is 12. The number of pyridine rings is 4. The predicted octanol–water partition coefficient (Wildman–Crippen LogP) is 18.0. The second-order valence-electron chi connectivity index (χ2n) is 32.8. The largest absolute Gasteiger partial charge is 0.691 e. The van der Waals surface area contributed by atoms with Gasteiger partial charge in [-0.2, -0.15) is 0 Å². The maximum Gasteiger partial charge on any atom is 0.691 e. The lowest BCUT2D eigenvalue weighted by Crippen LogP contribution is -2.82. The normalized spacial score (nSPS) is 19.2. The molecule has 24 aromatic rings. The highest BCUT2D eigenvalue weighted by Gasteiger charge is 2.73. The van der Waals surface area contributed by atoms with Crippen LogP contribution in [0.15, 0.2) is 315 Å². The zero-order valence-corrected chi connectivity index (χ0v) is 62.1. The Bertz CT molecular complexity index is 8100. The maximum absolute atomic E-state index is 8.26. The van der Waals surface area contributed by atoms with Crippen LogP contribution in [0.25, 0.3) is 220 Å². The van der Waals surface area contributed by atoms with Crippen LogP contribution in [0, 0.1) is 0 Å². The molecule has 0 amide bonds. The third-order valence-corrected chi connectivity index (χ3v) is 27.4. The minimum absolute atomic E-state index is 0.691. The number of imidazole rings is 4. The van der Waals surface area contributed by atoms with Gasteiger partial charge in [0.05, 0.1) is 22.1 Å². The van der Waals surface area contributed by atoms with Crippen molar-refractivity contribution >= 4 is 201 Å². The number of aromatic nitrogens is 12. The first kappa shape index (κ1) is 60.1. The molecule has 118 heavy (non-hydrogen) atoms. The minimum atomic E-state index is -2.75. The zero-order chi connectivity index (χ0) is 75.9. The summed E-state index contributed by atoms with van der Waals surface area (Å²) in [5.41, 5.74) is 14.5. The van der Waals surface area contributed by atoms with Gasteiger partial charge < -0.3 is 63.6 Å². The minimum Gasteiger partial charge on any atom is -0.611 e. The third-order valence-electron chi connectivity index (χ3n) is 27.4. The van der Waals surface area contributed by atoms with Crippen LogP contribution in [-0.2, 0) is 9.14 Å². The average molecular weight is 1510 g/mol. The molecule has 16 aromatic carbocycles. The number of fused-ring (bicyclic) bond motifs is 36. The third kappa shape index (κ3) is 6.59. The fourth-order valence-corrected chi connectivity index (χ4v) is 23.2. The van der Waals surface area contributed by atoms with E-state index in [0.717, 1.165) is 220 Å². The fraction of sp³-hybridized carbons (Fsp3) is 0. The first-order chi connectivity index (χ1) is 58.4. The molecule has 0 N–H and O–H groups in total. The maximum atomic E-state index is 8.26. The molecule has 8 aliphatic heterocycles. The smallest absolute Gasteiger partial charge is 0.611 e. The monoisotopic (exact) mass is 1510 g/mol. The Morgan fingerprint density at radius 1 is 0.195 bits per heavy atom. The Hall–Kier alpha value is -15.5. The molecule has 18 nitrogen and oxygen atoms in total. The molecule has 0 unspecified atom stereocenters. The SMILES string of the molecule is c1cc2c3c(c1)ccc1[n+]3[B@-]3(Oc4cccc5ccc6[n+](c45)[B@@-](O2)(O3)n2c-6nc3c4ccccc4c4ccccc4c32)n2c-1nc1c3ccccc3c3ccccc3c12.c1cc2c3c(c1)ccc1[n+]3[B@-]3(Oc4cccc5ccc6[n+](c45)[B@@-](O2)(O3)n2c-6nc3c4ccccc4c4ccccc4c32)n2c-1nc1c3ccccc3c3ccccc3c12. The molecule has 32 rings (SSSR count). The Morgan fingerprint density at radius 2 is 0.390 bits per heavy atom. The predicted molar refractivity (Wildman–Crippen MR) is 462 cm³/mol. The van der Waals surface area contributed by atoms with Gasteiger partial charge in [-0.15, -0.1) is 0 Å². The molecule has 544 valence electrons. The Balaban J connectivity index is 0.000000116. The van der Waals surface area contributed by atoms with Crippen molar-refractivity contribution in [3.63, 3.8) is 0 Å². The summed E-state index contributed by atoms with van der Waals surface area (Å²) in [7, 11) is 0. The van der Waals surface area contributed by atoms with Crippen LogP contribution in [0.4, 0.5) is 0 Å². The number of para-hydroxylation sites is 4. The van der Waals surface area contributed by atoms with Crippen molar-refractivity contribution in [2.24, 2.45) is 0 Å². The van der Waals surface area contributed by atoms with Gasteiger partial charge in [0.15, 0.2) is 46.1 Å². The highest BCUT2D eigenvalue weighted by molar-refractivity contribution is 6.77. The first-order valence-electron chi connectivity index (χ1n) is 40.4. The fourth-order valence-electron chi connectivity index (χ4n) is 23.2. The summed E-state index contributed by atoms with van der Waals surface area (Å²) in [6.07, 6.45) is 0. The molecule has 4 spiro atoms. The average Bonchev–Trinajstić information content (AvgIpc) is 1.48. The van der Waals surface area contributed by atoms with E-state index in [4.69, 9.17) is 47.7 Å². The van der Waals surface area contributed by atoms with E-state index < -0.39 is 27.3 Å². The molecule has 0 radical (unpaired) electrons. The summed E-state index contributed by atoms with van der Waals surface area (Å²) in [6.45, 7) is -11.0. The Labute approximate surface area is 665 Å². The van der Waals surface area contributed by atoms with Crippen LogP contribution < -0.4 is 36.5 Å². The molecule has 0 saturated heterocycles. The lowest BCUT2D eigenvalue weighted by molar-refractivity contribution is -0.544. The van der Waals surface area contributed by atoms with E-state index in [1.165, 1.54) is 0 Å². The van der Waals surface area contributed by atoms with E-state index in [2.05, 4.69) is 351 Å². The van der Waals surface area contributed by atoms with Gasteiger partial charge in [-0.3, -0.25) is 0 Å². The van der Waals surface area contributed by atoms with Crippen LogP contribution in [-0.4, -0.2) is 65.1 Å². The summed E-state index contributed by atoms with van der Waals surface area (Å²) < 4.78 is 65.8. The molecule has 8 aromatic heterocycles. The van der Waals surface area contributed by atoms with Crippen molar-refractivity contribution in [2.75, 3.05) is 0 Å². The standard InChI is InChI=1S/2C48H26B2N6O3/c2*1-5-17-33-29(13-1)31-15-3-7-19-35(31)45-41(33)51-47-37-25-23-27-11-10-22-40-43(27)53(37)49(55(45)47)57-39-21-9-12-28-24-26-38-48-52-42-34-18-6-2-14-30(34)32-16-4-8-20-36(32)46(42)56(48)50(58-40,59-49)54(38)44(28)39/h2*1-26H/t2*49-,50-/m11/s1. The van der Waals surface area contributed by atoms with Gasteiger partial charge in [0.1, 0.15) is 23.0 Å². The van der Waals surface area contributed by atoms with Crippen LogP contribution in [0.2, 0.25) is 0 Å². The lowest BCUT2D eigenvalue weighted by Gasteiger charge is -2.40. The molecule has 22 heteroatoms. The van der Waals surface area contributed by atoms with Crippen molar-refractivity contribution < 1.29 is 45.7 Å². The second-order valence-corrected chi connectivity index (χ2v) is 32.8. The van der Waals surface area contributed by atoms with Crippen molar-refractivity contribution in [3.05, 3.63) is 315 Å². The summed E-state index contributed by atoms with van der Waals surface area (Å²) in [6, 6.07) is 111. The van der Waals surface area contributed by atoms with Crippen molar-refractivity contribution in [2.45, 2.75) is 0 Å². The van der Waals surface area contributed by atoms with E-state index in [1.54, 1.807) is 0 Å². The zero-order valence-electron chi connectivity index (χ0n) is 62.1.